The zero-order valence-electron chi connectivity index (χ0n) is 13.2. The topological polar surface area (TPSA) is 98.7 Å². The minimum absolute atomic E-state index is 0.213. The second kappa shape index (κ2) is 6.65. The Morgan fingerprint density at radius 3 is 2.82 bits per heavy atom. The van der Waals surface area contributed by atoms with E-state index in [0.717, 1.165) is 5.69 Å². The number of aromatic nitrogens is 4. The molecule has 7 heteroatoms. The van der Waals surface area contributed by atoms with Gasteiger partial charge in [0.2, 0.25) is 0 Å². The SMILES string of the molecule is CC(C)C(C)(CN)NC(=O)c1cn(Cc2ccccn2)nn1. The van der Waals surface area contributed by atoms with Gasteiger partial charge in [0.05, 0.1) is 24.0 Å². The van der Waals surface area contributed by atoms with Gasteiger partial charge in [-0.2, -0.15) is 0 Å². The van der Waals surface area contributed by atoms with Crippen molar-refractivity contribution < 1.29 is 4.79 Å². The lowest BCUT2D eigenvalue weighted by molar-refractivity contribution is 0.0878. The lowest BCUT2D eigenvalue weighted by atomic mass is 9.88. The molecule has 118 valence electrons. The van der Waals surface area contributed by atoms with Crippen LogP contribution in [0.15, 0.2) is 30.6 Å². The molecular formula is C15H22N6O. The van der Waals surface area contributed by atoms with Gasteiger partial charge >= 0.3 is 0 Å². The van der Waals surface area contributed by atoms with E-state index in [1.54, 1.807) is 17.1 Å². The molecule has 0 aliphatic rings. The van der Waals surface area contributed by atoms with E-state index in [1.807, 2.05) is 39.0 Å². The van der Waals surface area contributed by atoms with Gasteiger partial charge in [0.1, 0.15) is 0 Å². The number of rotatable bonds is 6. The molecule has 1 atom stereocenters. The first-order valence-corrected chi connectivity index (χ1v) is 7.27. The fourth-order valence-electron chi connectivity index (χ4n) is 1.89. The van der Waals surface area contributed by atoms with Crippen LogP contribution in [0.25, 0.3) is 0 Å². The zero-order chi connectivity index (χ0) is 16.2. The molecule has 3 N–H and O–H groups in total. The first-order valence-electron chi connectivity index (χ1n) is 7.27. The van der Waals surface area contributed by atoms with Gasteiger partial charge in [-0.05, 0) is 25.0 Å². The van der Waals surface area contributed by atoms with E-state index in [2.05, 4.69) is 20.6 Å². The summed E-state index contributed by atoms with van der Waals surface area (Å²) in [6.45, 7) is 6.79. The van der Waals surface area contributed by atoms with E-state index in [-0.39, 0.29) is 17.5 Å². The number of nitrogens with two attached hydrogens (primary N) is 1. The van der Waals surface area contributed by atoms with Gasteiger partial charge in [0.15, 0.2) is 5.69 Å². The highest BCUT2D eigenvalue weighted by Crippen LogP contribution is 2.15. The third kappa shape index (κ3) is 3.67. The predicted molar refractivity (Wildman–Crippen MR) is 83.1 cm³/mol. The Morgan fingerprint density at radius 1 is 1.45 bits per heavy atom. The molecular weight excluding hydrogens is 280 g/mol. The standard InChI is InChI=1S/C15H22N6O/c1-11(2)15(3,10-16)18-14(22)13-9-21(20-19-13)8-12-6-4-5-7-17-12/h4-7,9,11H,8,10,16H2,1-3H3,(H,18,22). The Morgan fingerprint density at radius 2 is 2.23 bits per heavy atom. The zero-order valence-corrected chi connectivity index (χ0v) is 13.2. The van der Waals surface area contributed by atoms with Crippen LogP contribution in [-0.4, -0.2) is 38.0 Å². The van der Waals surface area contributed by atoms with Crippen LogP contribution >= 0.6 is 0 Å². The van der Waals surface area contributed by atoms with Gasteiger partial charge in [-0.3, -0.25) is 9.78 Å². The Labute approximate surface area is 129 Å². The van der Waals surface area contributed by atoms with Crippen molar-refractivity contribution in [2.24, 2.45) is 11.7 Å². The molecule has 2 rings (SSSR count). The molecule has 0 saturated heterocycles. The number of hydrogen-bond acceptors (Lipinski definition) is 5. The Hall–Kier alpha value is -2.28. The number of hydrogen-bond donors (Lipinski definition) is 2. The molecule has 22 heavy (non-hydrogen) atoms. The van der Waals surface area contributed by atoms with E-state index in [9.17, 15) is 4.79 Å². The first-order chi connectivity index (χ1) is 10.4. The fourth-order valence-corrected chi connectivity index (χ4v) is 1.89. The maximum atomic E-state index is 12.3. The quantitative estimate of drug-likeness (QED) is 0.823. The molecule has 1 amide bonds. The van der Waals surface area contributed by atoms with E-state index in [1.165, 1.54) is 0 Å². The van der Waals surface area contributed by atoms with Gasteiger partial charge < -0.3 is 11.1 Å². The summed E-state index contributed by atoms with van der Waals surface area (Å²) in [5.74, 6) is -0.0565. The highest BCUT2D eigenvalue weighted by Gasteiger charge is 2.29. The van der Waals surface area contributed by atoms with Crippen LogP contribution in [0.2, 0.25) is 0 Å². The van der Waals surface area contributed by atoms with Gasteiger partial charge in [-0.1, -0.05) is 25.1 Å². The molecule has 2 aromatic rings. The molecule has 0 saturated carbocycles. The second-order valence-electron chi connectivity index (χ2n) is 5.85. The maximum absolute atomic E-state index is 12.3. The predicted octanol–water partition coefficient (Wildman–Crippen LogP) is 0.825. The number of amides is 1. The van der Waals surface area contributed by atoms with Gasteiger partial charge in [0.25, 0.3) is 5.91 Å². The number of nitrogens with zero attached hydrogens (tertiary/aromatic N) is 4. The lowest BCUT2D eigenvalue weighted by Crippen LogP contribution is -2.55. The molecule has 2 aromatic heterocycles. The summed E-state index contributed by atoms with van der Waals surface area (Å²) in [6, 6.07) is 5.65. The van der Waals surface area contributed by atoms with Crippen LogP contribution in [0.4, 0.5) is 0 Å². The molecule has 0 radical (unpaired) electrons. The highest BCUT2D eigenvalue weighted by atomic mass is 16.2. The van der Waals surface area contributed by atoms with E-state index in [0.29, 0.717) is 13.1 Å². The van der Waals surface area contributed by atoms with Crippen LogP contribution < -0.4 is 11.1 Å². The van der Waals surface area contributed by atoms with Crippen LogP contribution in [0.3, 0.4) is 0 Å². The second-order valence-corrected chi connectivity index (χ2v) is 5.85. The molecule has 0 spiro atoms. The molecule has 0 fully saturated rings. The first kappa shape index (κ1) is 16.1. The van der Waals surface area contributed by atoms with Crippen molar-refractivity contribution in [2.45, 2.75) is 32.9 Å². The summed E-state index contributed by atoms with van der Waals surface area (Å²) >= 11 is 0. The fraction of sp³-hybridized carbons (Fsp3) is 0.467. The number of pyridine rings is 1. The Kier molecular flexibility index (Phi) is 4.87. The lowest BCUT2D eigenvalue weighted by Gasteiger charge is -2.33. The third-order valence-corrected chi connectivity index (χ3v) is 3.92. The van der Waals surface area contributed by atoms with Crippen molar-refractivity contribution in [2.75, 3.05) is 6.54 Å². The minimum Gasteiger partial charge on any atom is -0.344 e. The van der Waals surface area contributed by atoms with Crippen molar-refractivity contribution in [3.63, 3.8) is 0 Å². The van der Waals surface area contributed by atoms with Crippen molar-refractivity contribution in [1.29, 1.82) is 0 Å². The summed E-state index contributed by atoms with van der Waals surface area (Å²) in [4.78, 5) is 16.5. The highest BCUT2D eigenvalue weighted by molar-refractivity contribution is 5.92. The molecule has 1 unspecified atom stereocenters. The van der Waals surface area contributed by atoms with Gasteiger partial charge in [-0.15, -0.1) is 5.10 Å². The molecule has 0 bridgehead atoms. The normalized spacial score (nSPS) is 13.9. The summed E-state index contributed by atoms with van der Waals surface area (Å²) in [6.07, 6.45) is 3.33. The summed E-state index contributed by atoms with van der Waals surface area (Å²) < 4.78 is 1.59. The third-order valence-electron chi connectivity index (χ3n) is 3.92. The number of carbonyl (C=O) groups is 1. The summed E-state index contributed by atoms with van der Waals surface area (Å²) in [5, 5.41) is 10.8. The van der Waals surface area contributed by atoms with Gasteiger partial charge in [-0.25, -0.2) is 4.68 Å². The number of carbonyl (C=O) groups excluding carboxylic acids is 1. The van der Waals surface area contributed by atoms with Crippen molar-refractivity contribution in [1.82, 2.24) is 25.3 Å². The van der Waals surface area contributed by atoms with Crippen LogP contribution in [0.5, 0.6) is 0 Å². The van der Waals surface area contributed by atoms with Crippen LogP contribution in [-0.2, 0) is 6.54 Å². The molecule has 0 aliphatic heterocycles. The smallest absolute Gasteiger partial charge is 0.273 e. The van der Waals surface area contributed by atoms with Crippen LogP contribution in [0, 0.1) is 5.92 Å². The van der Waals surface area contributed by atoms with E-state index < -0.39 is 5.54 Å². The largest absolute Gasteiger partial charge is 0.344 e. The number of nitrogens with one attached hydrogen (secondary N) is 1. The van der Waals surface area contributed by atoms with E-state index in [4.69, 9.17) is 5.73 Å². The Bertz CT molecular complexity index is 624. The Balaban J connectivity index is 2.06. The summed E-state index contributed by atoms with van der Waals surface area (Å²) in [5.41, 5.74) is 6.44. The van der Waals surface area contributed by atoms with Gasteiger partial charge in [0, 0.05) is 12.7 Å². The molecule has 0 aromatic carbocycles. The van der Waals surface area contributed by atoms with Crippen molar-refractivity contribution in [3.05, 3.63) is 42.0 Å². The minimum atomic E-state index is -0.470. The molecule has 0 aliphatic carbocycles. The average Bonchev–Trinajstić information content (AvgIpc) is 2.96. The van der Waals surface area contributed by atoms with E-state index >= 15 is 0 Å². The molecule has 2 heterocycles. The average molecular weight is 302 g/mol. The molecule has 7 nitrogen and oxygen atoms in total. The maximum Gasteiger partial charge on any atom is 0.273 e. The summed E-state index contributed by atoms with van der Waals surface area (Å²) in [7, 11) is 0. The van der Waals surface area contributed by atoms with Crippen molar-refractivity contribution in [3.8, 4) is 0 Å². The van der Waals surface area contributed by atoms with Crippen molar-refractivity contribution >= 4 is 5.91 Å². The monoisotopic (exact) mass is 302 g/mol. The van der Waals surface area contributed by atoms with Crippen LogP contribution in [0.1, 0.15) is 37.0 Å².